The van der Waals surface area contributed by atoms with Crippen LogP contribution in [-0.2, 0) is 16.0 Å². The van der Waals surface area contributed by atoms with Crippen molar-refractivity contribution < 1.29 is 14.3 Å². The molecule has 3 N–H and O–H groups in total. The monoisotopic (exact) mass is 540 g/mol. The van der Waals surface area contributed by atoms with Crippen molar-refractivity contribution in [1.29, 1.82) is 0 Å². The maximum Gasteiger partial charge on any atom is 0.407 e. The molecule has 0 saturated carbocycles. The number of alkyl carbamates (subject to hydrolysis) is 1. The van der Waals surface area contributed by atoms with Crippen molar-refractivity contribution in [2.45, 2.75) is 26.3 Å². The van der Waals surface area contributed by atoms with Gasteiger partial charge in [-0.1, -0.05) is 60.1 Å². The summed E-state index contributed by atoms with van der Waals surface area (Å²) in [5, 5.41) is 8.93. The Morgan fingerprint density at radius 3 is 2.68 bits per heavy atom. The van der Waals surface area contributed by atoms with Crippen LogP contribution in [0.2, 0.25) is 0 Å². The Balaban J connectivity index is 1.51. The van der Waals surface area contributed by atoms with Gasteiger partial charge in [-0.2, -0.15) is 0 Å². The molecule has 0 spiro atoms. The predicted octanol–water partition coefficient (Wildman–Crippen LogP) is 5.99. The molecule has 34 heavy (non-hydrogen) atoms. The summed E-state index contributed by atoms with van der Waals surface area (Å²) in [4.78, 5) is 33.3. The molecular formula is C25H25BrN4O3S. The fraction of sp³-hybridized carbons (Fsp3) is 0.240. The van der Waals surface area contributed by atoms with Gasteiger partial charge in [0.1, 0.15) is 6.04 Å². The Morgan fingerprint density at radius 2 is 1.91 bits per heavy atom. The van der Waals surface area contributed by atoms with Crippen molar-refractivity contribution in [3.8, 4) is 11.3 Å². The molecule has 0 aliphatic heterocycles. The minimum absolute atomic E-state index is 0.194. The van der Waals surface area contributed by atoms with Crippen LogP contribution in [0.15, 0.2) is 64.6 Å². The Kier molecular flexibility index (Phi) is 7.64. The second kappa shape index (κ2) is 10.8. The van der Waals surface area contributed by atoms with Crippen LogP contribution in [-0.4, -0.2) is 34.6 Å². The number of nitrogens with zero attached hydrogens (tertiary/aromatic N) is 1. The highest BCUT2D eigenvalue weighted by Gasteiger charge is 2.24. The number of para-hydroxylation sites is 1. The van der Waals surface area contributed by atoms with Gasteiger partial charge in [0.15, 0.2) is 5.13 Å². The van der Waals surface area contributed by atoms with E-state index in [0.29, 0.717) is 11.6 Å². The van der Waals surface area contributed by atoms with E-state index >= 15 is 0 Å². The summed E-state index contributed by atoms with van der Waals surface area (Å²) in [5.74, 6) is -0.164. The molecule has 2 aromatic carbocycles. The van der Waals surface area contributed by atoms with Crippen molar-refractivity contribution in [2.24, 2.45) is 5.92 Å². The number of carbonyl (C=O) groups is 2. The van der Waals surface area contributed by atoms with Crippen LogP contribution in [0.1, 0.15) is 19.4 Å². The number of H-pyrrole nitrogens is 1. The van der Waals surface area contributed by atoms with Crippen LogP contribution in [0.25, 0.3) is 22.2 Å². The SMILES string of the molecule is CC(C)COC(=O)N[C@H](Cc1c[nH]c2ccccc12)C(=O)Nc1nc(-c2ccc(Br)cc2)cs1. The fourth-order valence-electron chi connectivity index (χ4n) is 3.43. The minimum Gasteiger partial charge on any atom is -0.449 e. The predicted molar refractivity (Wildman–Crippen MR) is 139 cm³/mol. The molecule has 0 aliphatic rings. The molecule has 0 bridgehead atoms. The van der Waals surface area contributed by atoms with Crippen molar-refractivity contribution >= 4 is 55.3 Å². The highest BCUT2D eigenvalue weighted by molar-refractivity contribution is 9.10. The second-order valence-corrected chi connectivity index (χ2v) is 10.1. The first-order valence-electron chi connectivity index (χ1n) is 10.9. The van der Waals surface area contributed by atoms with E-state index in [1.165, 1.54) is 11.3 Å². The van der Waals surface area contributed by atoms with Gasteiger partial charge in [0.2, 0.25) is 5.91 Å². The zero-order valence-electron chi connectivity index (χ0n) is 18.8. The van der Waals surface area contributed by atoms with E-state index < -0.39 is 12.1 Å². The van der Waals surface area contributed by atoms with E-state index in [2.05, 4.69) is 36.5 Å². The molecule has 0 aliphatic carbocycles. The molecule has 9 heteroatoms. The first-order chi connectivity index (χ1) is 16.4. The molecule has 4 aromatic rings. The van der Waals surface area contributed by atoms with E-state index in [-0.39, 0.29) is 18.4 Å². The molecule has 2 heterocycles. The molecule has 2 amide bonds. The third kappa shape index (κ3) is 6.03. The lowest BCUT2D eigenvalue weighted by molar-refractivity contribution is -0.118. The van der Waals surface area contributed by atoms with Gasteiger partial charge in [-0.3, -0.25) is 4.79 Å². The molecule has 176 valence electrons. The van der Waals surface area contributed by atoms with Gasteiger partial charge < -0.3 is 20.4 Å². The van der Waals surface area contributed by atoms with Crippen molar-refractivity contribution in [3.05, 3.63) is 70.1 Å². The molecule has 0 unspecified atom stereocenters. The van der Waals surface area contributed by atoms with Gasteiger partial charge in [0, 0.05) is 38.9 Å². The number of aromatic amines is 1. The lowest BCUT2D eigenvalue weighted by Crippen LogP contribution is -2.45. The first kappa shape index (κ1) is 24.0. The van der Waals surface area contributed by atoms with Gasteiger partial charge in [0.25, 0.3) is 0 Å². The number of ether oxygens (including phenoxy) is 1. The summed E-state index contributed by atoms with van der Waals surface area (Å²) < 4.78 is 6.24. The van der Waals surface area contributed by atoms with Crippen LogP contribution < -0.4 is 10.6 Å². The Hall–Kier alpha value is -3.17. The van der Waals surface area contributed by atoms with E-state index in [1.54, 1.807) is 0 Å². The number of fused-ring (bicyclic) bond motifs is 1. The number of hydrogen-bond acceptors (Lipinski definition) is 5. The van der Waals surface area contributed by atoms with E-state index in [0.717, 1.165) is 32.2 Å². The largest absolute Gasteiger partial charge is 0.449 e. The number of amides is 2. The summed E-state index contributed by atoms with van der Waals surface area (Å²) in [6.45, 7) is 4.18. The lowest BCUT2D eigenvalue weighted by atomic mass is 10.0. The van der Waals surface area contributed by atoms with Crippen LogP contribution in [0, 0.1) is 5.92 Å². The minimum atomic E-state index is -0.834. The molecule has 7 nitrogen and oxygen atoms in total. The molecule has 0 saturated heterocycles. The summed E-state index contributed by atoms with van der Waals surface area (Å²) >= 11 is 4.76. The van der Waals surface area contributed by atoms with Crippen molar-refractivity contribution in [1.82, 2.24) is 15.3 Å². The summed E-state index contributed by atoms with van der Waals surface area (Å²) in [6.07, 6.45) is 1.54. The van der Waals surface area contributed by atoms with Crippen LogP contribution in [0.3, 0.4) is 0 Å². The average Bonchev–Trinajstić information content (AvgIpc) is 3.45. The zero-order chi connectivity index (χ0) is 24.1. The molecule has 2 aromatic heterocycles. The van der Waals surface area contributed by atoms with E-state index in [9.17, 15) is 9.59 Å². The van der Waals surface area contributed by atoms with Gasteiger partial charge in [-0.25, -0.2) is 9.78 Å². The van der Waals surface area contributed by atoms with Gasteiger partial charge in [-0.05, 0) is 29.7 Å². The summed E-state index contributed by atoms with van der Waals surface area (Å²) in [6, 6.07) is 14.8. The average molecular weight is 541 g/mol. The number of aromatic nitrogens is 2. The molecule has 0 fully saturated rings. The Morgan fingerprint density at radius 1 is 1.15 bits per heavy atom. The normalized spacial score (nSPS) is 12.0. The highest BCUT2D eigenvalue weighted by Crippen LogP contribution is 2.26. The number of rotatable bonds is 8. The maximum atomic E-state index is 13.2. The smallest absolute Gasteiger partial charge is 0.407 e. The summed E-state index contributed by atoms with van der Waals surface area (Å²) in [7, 11) is 0. The summed E-state index contributed by atoms with van der Waals surface area (Å²) in [5.41, 5.74) is 3.61. The third-order valence-corrected chi connectivity index (χ3v) is 6.42. The van der Waals surface area contributed by atoms with Gasteiger partial charge in [-0.15, -0.1) is 11.3 Å². The van der Waals surface area contributed by atoms with Crippen LogP contribution in [0.5, 0.6) is 0 Å². The molecule has 0 radical (unpaired) electrons. The number of nitrogens with one attached hydrogen (secondary N) is 3. The number of halogens is 1. The lowest BCUT2D eigenvalue weighted by Gasteiger charge is -2.18. The number of thiazole rings is 1. The second-order valence-electron chi connectivity index (χ2n) is 8.29. The first-order valence-corrected chi connectivity index (χ1v) is 12.6. The molecular weight excluding hydrogens is 516 g/mol. The molecule has 1 atom stereocenters. The van der Waals surface area contributed by atoms with E-state index in [1.807, 2.05) is 74.0 Å². The maximum absolute atomic E-state index is 13.2. The number of anilines is 1. The topological polar surface area (TPSA) is 96.1 Å². The number of hydrogen-bond donors (Lipinski definition) is 3. The van der Waals surface area contributed by atoms with Crippen LogP contribution in [0.4, 0.5) is 9.93 Å². The Bertz CT molecular complexity index is 1280. The zero-order valence-corrected chi connectivity index (χ0v) is 21.2. The quantitative estimate of drug-likeness (QED) is 0.256. The Labute approximate surface area is 210 Å². The number of benzene rings is 2. The standard InChI is InChI=1S/C25H25BrN4O3S/c1-15(2)13-33-25(32)29-21(11-17-12-27-20-6-4-3-5-19(17)20)23(31)30-24-28-22(14-34-24)16-7-9-18(26)10-8-16/h3-10,12,14-15,21,27H,11,13H2,1-2H3,(H,29,32)(H,28,30,31)/t21-/m1/s1. The van der Waals surface area contributed by atoms with Crippen molar-refractivity contribution in [2.75, 3.05) is 11.9 Å². The fourth-order valence-corrected chi connectivity index (χ4v) is 4.42. The van der Waals surface area contributed by atoms with Crippen molar-refractivity contribution in [3.63, 3.8) is 0 Å². The van der Waals surface area contributed by atoms with Gasteiger partial charge >= 0.3 is 6.09 Å². The third-order valence-electron chi connectivity index (χ3n) is 5.13. The van der Waals surface area contributed by atoms with Crippen LogP contribution >= 0.6 is 27.3 Å². The number of carbonyl (C=O) groups excluding carboxylic acids is 2. The molecule has 4 rings (SSSR count). The van der Waals surface area contributed by atoms with E-state index in [4.69, 9.17) is 4.74 Å². The highest BCUT2D eigenvalue weighted by atomic mass is 79.9. The van der Waals surface area contributed by atoms with Gasteiger partial charge in [0.05, 0.1) is 12.3 Å².